The molecule has 0 bridgehead atoms. The number of benzene rings is 1. The highest BCUT2D eigenvalue weighted by atomic mass is 16.4. The van der Waals surface area contributed by atoms with Crippen LogP contribution in [0, 0.1) is 5.41 Å². The molecule has 0 atom stereocenters. The molecule has 4 N–H and O–H groups in total. The summed E-state index contributed by atoms with van der Waals surface area (Å²) in [6.45, 7) is 7.79. The van der Waals surface area contributed by atoms with Crippen LogP contribution >= 0.6 is 0 Å². The summed E-state index contributed by atoms with van der Waals surface area (Å²) in [5.41, 5.74) is -0.359. The van der Waals surface area contributed by atoms with E-state index >= 15 is 0 Å². The van der Waals surface area contributed by atoms with Crippen LogP contribution in [0.2, 0.25) is 0 Å². The molecule has 122 valence electrons. The third-order valence-corrected chi connectivity index (χ3v) is 4.00. The zero-order valence-corrected chi connectivity index (χ0v) is 13.4. The molecule has 0 saturated carbocycles. The molecule has 0 aliphatic carbocycles. The first-order valence-electron chi connectivity index (χ1n) is 7.09. The SMILES string of the molecule is CC(C)(O)C(C)(C)CNC(=O)NCc1ccc(C(=O)O)cc1. The molecule has 1 aromatic rings. The van der Waals surface area contributed by atoms with Gasteiger partial charge in [0.1, 0.15) is 0 Å². The fraction of sp³-hybridized carbons (Fsp3) is 0.500. The van der Waals surface area contributed by atoms with Crippen molar-refractivity contribution in [3.8, 4) is 0 Å². The zero-order valence-electron chi connectivity index (χ0n) is 13.4. The number of carbonyl (C=O) groups excluding carboxylic acids is 1. The predicted molar refractivity (Wildman–Crippen MR) is 83.7 cm³/mol. The molecule has 1 rings (SSSR count). The van der Waals surface area contributed by atoms with Gasteiger partial charge in [0, 0.05) is 18.5 Å². The van der Waals surface area contributed by atoms with Gasteiger partial charge in [0.05, 0.1) is 11.2 Å². The Morgan fingerprint density at radius 3 is 2.05 bits per heavy atom. The second kappa shape index (κ2) is 6.79. The van der Waals surface area contributed by atoms with Crippen LogP contribution in [0.15, 0.2) is 24.3 Å². The summed E-state index contributed by atoms with van der Waals surface area (Å²) in [6.07, 6.45) is 0. The van der Waals surface area contributed by atoms with Gasteiger partial charge in [-0.05, 0) is 31.5 Å². The summed E-state index contributed by atoms with van der Waals surface area (Å²) in [7, 11) is 0. The number of hydrogen-bond acceptors (Lipinski definition) is 3. The smallest absolute Gasteiger partial charge is 0.335 e. The molecule has 0 aliphatic rings. The largest absolute Gasteiger partial charge is 0.478 e. The lowest BCUT2D eigenvalue weighted by atomic mass is 9.77. The van der Waals surface area contributed by atoms with Crippen molar-refractivity contribution in [1.82, 2.24) is 10.6 Å². The summed E-state index contributed by atoms with van der Waals surface area (Å²) in [5, 5.41) is 24.2. The number of carbonyl (C=O) groups is 2. The van der Waals surface area contributed by atoms with Crippen molar-refractivity contribution >= 4 is 12.0 Å². The van der Waals surface area contributed by atoms with Crippen LogP contribution in [0.3, 0.4) is 0 Å². The molecule has 0 fully saturated rings. The number of carboxylic acids is 1. The molecule has 2 amide bonds. The van der Waals surface area contributed by atoms with Gasteiger partial charge in [0.2, 0.25) is 0 Å². The summed E-state index contributed by atoms with van der Waals surface area (Å²) in [4.78, 5) is 22.5. The Kier molecular flexibility index (Phi) is 5.54. The molecule has 0 saturated heterocycles. The molecule has 1 aromatic carbocycles. The first kappa shape index (κ1) is 18.0. The van der Waals surface area contributed by atoms with E-state index in [0.29, 0.717) is 13.1 Å². The Morgan fingerprint density at radius 2 is 1.59 bits per heavy atom. The van der Waals surface area contributed by atoms with Gasteiger partial charge >= 0.3 is 12.0 Å². The topological polar surface area (TPSA) is 98.7 Å². The lowest BCUT2D eigenvalue weighted by Crippen LogP contribution is -2.49. The molecule has 0 aliphatic heterocycles. The highest BCUT2D eigenvalue weighted by Gasteiger charge is 2.35. The molecule has 6 nitrogen and oxygen atoms in total. The lowest BCUT2D eigenvalue weighted by molar-refractivity contribution is -0.0322. The standard InChI is InChI=1S/C16H24N2O4/c1-15(2,16(3,4)22)10-18-14(21)17-9-11-5-7-12(8-6-11)13(19)20/h5-8,22H,9-10H2,1-4H3,(H,19,20)(H2,17,18,21). The highest BCUT2D eigenvalue weighted by molar-refractivity contribution is 5.87. The van der Waals surface area contributed by atoms with E-state index in [9.17, 15) is 14.7 Å². The van der Waals surface area contributed by atoms with Crippen LogP contribution in [0.5, 0.6) is 0 Å². The fourth-order valence-electron chi connectivity index (χ4n) is 1.53. The molecule has 0 heterocycles. The van der Waals surface area contributed by atoms with Gasteiger partial charge < -0.3 is 20.8 Å². The molecule has 0 spiro atoms. The number of hydrogen-bond donors (Lipinski definition) is 4. The van der Waals surface area contributed by atoms with E-state index in [2.05, 4.69) is 10.6 Å². The Bertz CT molecular complexity index is 530. The number of aromatic carboxylic acids is 1. The first-order valence-corrected chi connectivity index (χ1v) is 7.09. The van der Waals surface area contributed by atoms with Crippen molar-refractivity contribution in [3.05, 3.63) is 35.4 Å². The van der Waals surface area contributed by atoms with Gasteiger partial charge in [0.25, 0.3) is 0 Å². The van der Waals surface area contributed by atoms with Crippen LogP contribution in [-0.2, 0) is 6.54 Å². The van der Waals surface area contributed by atoms with Crippen molar-refractivity contribution in [2.75, 3.05) is 6.54 Å². The number of amides is 2. The average molecular weight is 308 g/mol. The quantitative estimate of drug-likeness (QED) is 0.646. The second-order valence-corrected chi connectivity index (χ2v) is 6.48. The number of rotatable bonds is 6. The average Bonchev–Trinajstić information content (AvgIpc) is 2.42. The fourth-order valence-corrected chi connectivity index (χ4v) is 1.53. The van der Waals surface area contributed by atoms with Gasteiger partial charge in [-0.1, -0.05) is 26.0 Å². The highest BCUT2D eigenvalue weighted by Crippen LogP contribution is 2.29. The van der Waals surface area contributed by atoms with Crippen LogP contribution in [0.4, 0.5) is 4.79 Å². The molecule has 0 unspecified atom stereocenters. The van der Waals surface area contributed by atoms with E-state index in [1.54, 1.807) is 26.0 Å². The van der Waals surface area contributed by atoms with E-state index in [4.69, 9.17) is 5.11 Å². The van der Waals surface area contributed by atoms with E-state index in [-0.39, 0.29) is 11.6 Å². The van der Waals surface area contributed by atoms with Gasteiger partial charge in [0.15, 0.2) is 0 Å². The number of nitrogens with one attached hydrogen (secondary N) is 2. The zero-order chi connectivity index (χ0) is 17.0. The number of urea groups is 1. The van der Waals surface area contributed by atoms with Gasteiger partial charge in [-0.3, -0.25) is 0 Å². The second-order valence-electron chi connectivity index (χ2n) is 6.48. The third-order valence-electron chi connectivity index (χ3n) is 4.00. The number of aliphatic hydroxyl groups is 1. The molecular weight excluding hydrogens is 284 g/mol. The molecular formula is C16H24N2O4. The normalized spacial score (nSPS) is 11.9. The lowest BCUT2D eigenvalue weighted by Gasteiger charge is -2.37. The van der Waals surface area contributed by atoms with E-state index in [0.717, 1.165) is 5.56 Å². The molecule has 0 aromatic heterocycles. The van der Waals surface area contributed by atoms with Crippen molar-refractivity contribution in [2.45, 2.75) is 39.8 Å². The third kappa shape index (κ3) is 5.04. The Hall–Kier alpha value is -2.08. The van der Waals surface area contributed by atoms with Crippen molar-refractivity contribution < 1.29 is 19.8 Å². The monoisotopic (exact) mass is 308 g/mol. The van der Waals surface area contributed by atoms with Crippen LogP contribution in [-0.4, -0.2) is 34.4 Å². The minimum Gasteiger partial charge on any atom is -0.478 e. The molecule has 0 radical (unpaired) electrons. The van der Waals surface area contributed by atoms with E-state index in [1.165, 1.54) is 12.1 Å². The maximum atomic E-state index is 11.8. The van der Waals surface area contributed by atoms with Gasteiger partial charge in [-0.15, -0.1) is 0 Å². The van der Waals surface area contributed by atoms with Crippen LogP contribution < -0.4 is 10.6 Å². The van der Waals surface area contributed by atoms with E-state index in [1.807, 2.05) is 13.8 Å². The van der Waals surface area contributed by atoms with Crippen molar-refractivity contribution in [2.24, 2.45) is 5.41 Å². The maximum Gasteiger partial charge on any atom is 0.335 e. The minimum absolute atomic E-state index is 0.208. The molecule has 22 heavy (non-hydrogen) atoms. The van der Waals surface area contributed by atoms with Gasteiger partial charge in [-0.25, -0.2) is 9.59 Å². The maximum absolute atomic E-state index is 11.8. The minimum atomic E-state index is -0.980. The Labute approximate surface area is 130 Å². The Balaban J connectivity index is 2.45. The van der Waals surface area contributed by atoms with Gasteiger partial charge in [-0.2, -0.15) is 0 Å². The summed E-state index contributed by atoms with van der Waals surface area (Å²) < 4.78 is 0. The summed E-state index contributed by atoms with van der Waals surface area (Å²) in [5.74, 6) is -0.980. The summed E-state index contributed by atoms with van der Waals surface area (Å²) >= 11 is 0. The van der Waals surface area contributed by atoms with E-state index < -0.39 is 17.0 Å². The number of carboxylic acid groups (broad SMARTS) is 1. The van der Waals surface area contributed by atoms with Crippen LogP contribution in [0.1, 0.15) is 43.6 Å². The van der Waals surface area contributed by atoms with Crippen molar-refractivity contribution in [1.29, 1.82) is 0 Å². The molecule has 6 heteroatoms. The first-order chi connectivity index (χ1) is 10.0. The summed E-state index contributed by atoms with van der Waals surface area (Å²) in [6, 6.07) is 5.97. The predicted octanol–water partition coefficient (Wildman–Crippen LogP) is 1.98. The van der Waals surface area contributed by atoms with Crippen molar-refractivity contribution in [3.63, 3.8) is 0 Å². The van der Waals surface area contributed by atoms with Crippen LogP contribution in [0.25, 0.3) is 0 Å². The Morgan fingerprint density at radius 1 is 1.05 bits per heavy atom.